The Labute approximate surface area is 113 Å². The van der Waals surface area contributed by atoms with Crippen LogP contribution in [-0.2, 0) is 4.79 Å². The maximum atomic E-state index is 11.0. The fourth-order valence-electron chi connectivity index (χ4n) is 1.91. The van der Waals surface area contributed by atoms with Crippen LogP contribution in [0.15, 0.2) is 54.6 Å². The number of carboxylic acids is 1. The molecule has 0 aliphatic heterocycles. The lowest BCUT2D eigenvalue weighted by Crippen LogP contribution is -2.35. The summed E-state index contributed by atoms with van der Waals surface area (Å²) in [7, 11) is 1.79. The molecule has 0 spiro atoms. The molecule has 1 N–H and O–H groups in total. The van der Waals surface area contributed by atoms with Crippen LogP contribution in [0.3, 0.4) is 0 Å². The lowest BCUT2D eigenvalue weighted by Gasteiger charge is -2.23. The van der Waals surface area contributed by atoms with E-state index in [1.807, 2.05) is 42.5 Å². The summed E-state index contributed by atoms with van der Waals surface area (Å²) in [6.45, 7) is 1.67. The smallest absolute Gasteiger partial charge is 0.326 e. The van der Waals surface area contributed by atoms with E-state index < -0.39 is 12.0 Å². The number of carboxylic acid groups (broad SMARTS) is 1. The summed E-state index contributed by atoms with van der Waals surface area (Å²) in [5.41, 5.74) is 3.18. The van der Waals surface area contributed by atoms with Gasteiger partial charge in [-0.1, -0.05) is 42.5 Å². The highest BCUT2D eigenvalue weighted by Gasteiger charge is 2.16. The molecule has 19 heavy (non-hydrogen) atoms. The summed E-state index contributed by atoms with van der Waals surface area (Å²) in [5, 5.41) is 9.00. The lowest BCUT2D eigenvalue weighted by atomic mass is 10.1. The van der Waals surface area contributed by atoms with Gasteiger partial charge >= 0.3 is 5.97 Å². The largest absolute Gasteiger partial charge is 0.480 e. The van der Waals surface area contributed by atoms with E-state index in [1.165, 1.54) is 0 Å². The Hall–Kier alpha value is -2.29. The number of hydrogen-bond donors (Lipinski definition) is 1. The van der Waals surface area contributed by atoms with Gasteiger partial charge in [-0.2, -0.15) is 0 Å². The number of benzene rings is 2. The third kappa shape index (κ3) is 2.94. The number of nitrogens with zero attached hydrogens (tertiary/aromatic N) is 1. The molecule has 98 valence electrons. The first-order valence-corrected chi connectivity index (χ1v) is 6.20. The molecule has 2 aromatic carbocycles. The van der Waals surface area contributed by atoms with Gasteiger partial charge in [0.2, 0.25) is 0 Å². The Kier molecular flexibility index (Phi) is 3.85. The van der Waals surface area contributed by atoms with Crippen LogP contribution in [0.2, 0.25) is 0 Å². The van der Waals surface area contributed by atoms with E-state index in [9.17, 15) is 4.79 Å². The minimum absolute atomic E-state index is 0.539. The Balaban J connectivity index is 2.22. The Morgan fingerprint density at radius 2 is 1.53 bits per heavy atom. The third-order valence-electron chi connectivity index (χ3n) is 3.32. The highest BCUT2D eigenvalue weighted by atomic mass is 16.4. The molecule has 0 bridgehead atoms. The van der Waals surface area contributed by atoms with E-state index in [-0.39, 0.29) is 0 Å². The number of aliphatic carboxylic acids is 1. The number of rotatable bonds is 4. The molecular weight excluding hydrogens is 238 g/mol. The molecule has 0 saturated carbocycles. The third-order valence-corrected chi connectivity index (χ3v) is 3.32. The van der Waals surface area contributed by atoms with Crippen LogP contribution >= 0.6 is 0 Å². The maximum Gasteiger partial charge on any atom is 0.326 e. The van der Waals surface area contributed by atoms with Gasteiger partial charge in [0.1, 0.15) is 6.04 Å². The molecule has 1 atom stereocenters. The van der Waals surface area contributed by atoms with Gasteiger partial charge in [0.15, 0.2) is 0 Å². The first-order valence-electron chi connectivity index (χ1n) is 6.20. The molecule has 0 heterocycles. The normalized spacial score (nSPS) is 11.9. The average molecular weight is 255 g/mol. The van der Waals surface area contributed by atoms with Gasteiger partial charge in [0, 0.05) is 12.7 Å². The zero-order chi connectivity index (χ0) is 13.8. The minimum atomic E-state index is -0.824. The minimum Gasteiger partial charge on any atom is -0.480 e. The van der Waals surface area contributed by atoms with Crippen molar-refractivity contribution < 1.29 is 9.90 Å². The summed E-state index contributed by atoms with van der Waals surface area (Å²) < 4.78 is 0. The van der Waals surface area contributed by atoms with Crippen LogP contribution in [0, 0.1) is 0 Å². The van der Waals surface area contributed by atoms with Crippen LogP contribution in [0.5, 0.6) is 0 Å². The van der Waals surface area contributed by atoms with E-state index in [2.05, 4.69) is 12.1 Å². The summed E-state index contributed by atoms with van der Waals surface area (Å²) in [4.78, 5) is 12.7. The number of carbonyl (C=O) groups is 1. The Morgan fingerprint density at radius 1 is 1.00 bits per heavy atom. The predicted molar refractivity (Wildman–Crippen MR) is 77.4 cm³/mol. The average Bonchev–Trinajstić information content (AvgIpc) is 2.46. The van der Waals surface area contributed by atoms with Gasteiger partial charge in [-0.05, 0) is 30.2 Å². The molecule has 0 fully saturated rings. The summed E-state index contributed by atoms with van der Waals surface area (Å²) in [6, 6.07) is 17.5. The number of hydrogen-bond acceptors (Lipinski definition) is 2. The van der Waals surface area contributed by atoms with Crippen molar-refractivity contribution in [1.82, 2.24) is 0 Å². The summed E-state index contributed by atoms with van der Waals surface area (Å²) >= 11 is 0. The second-order valence-corrected chi connectivity index (χ2v) is 4.54. The molecule has 0 saturated heterocycles. The van der Waals surface area contributed by atoms with Gasteiger partial charge in [-0.3, -0.25) is 0 Å². The molecule has 0 aromatic heterocycles. The van der Waals surface area contributed by atoms with E-state index in [4.69, 9.17) is 5.11 Å². The van der Waals surface area contributed by atoms with E-state index >= 15 is 0 Å². The zero-order valence-corrected chi connectivity index (χ0v) is 11.1. The molecule has 0 amide bonds. The van der Waals surface area contributed by atoms with Crippen LogP contribution in [-0.4, -0.2) is 24.2 Å². The van der Waals surface area contributed by atoms with Gasteiger partial charge in [0.05, 0.1) is 0 Å². The van der Waals surface area contributed by atoms with E-state index in [0.29, 0.717) is 0 Å². The monoisotopic (exact) mass is 255 g/mol. The van der Waals surface area contributed by atoms with Crippen molar-refractivity contribution in [1.29, 1.82) is 0 Å². The fourth-order valence-corrected chi connectivity index (χ4v) is 1.91. The number of anilines is 1. The zero-order valence-electron chi connectivity index (χ0n) is 11.1. The van der Waals surface area contributed by atoms with Crippen molar-refractivity contribution in [2.45, 2.75) is 13.0 Å². The molecule has 0 radical (unpaired) electrons. The predicted octanol–water partition coefficient (Wildman–Crippen LogP) is 3.26. The molecule has 3 nitrogen and oxygen atoms in total. The molecule has 2 rings (SSSR count). The highest BCUT2D eigenvalue weighted by molar-refractivity contribution is 5.78. The molecular formula is C16H17NO2. The Morgan fingerprint density at radius 3 is 2.05 bits per heavy atom. The van der Waals surface area contributed by atoms with Crippen molar-refractivity contribution in [3.05, 3.63) is 54.6 Å². The molecule has 3 heteroatoms. The SMILES string of the molecule is CC(C(=O)O)N(C)c1ccc(-c2ccccc2)cc1. The van der Waals surface area contributed by atoms with Gasteiger partial charge < -0.3 is 10.0 Å². The van der Waals surface area contributed by atoms with Gasteiger partial charge in [0.25, 0.3) is 0 Å². The topological polar surface area (TPSA) is 40.5 Å². The second-order valence-electron chi connectivity index (χ2n) is 4.54. The maximum absolute atomic E-state index is 11.0. The second kappa shape index (κ2) is 5.57. The van der Waals surface area contributed by atoms with Crippen molar-refractivity contribution in [2.75, 3.05) is 11.9 Å². The first kappa shape index (κ1) is 13.1. The molecule has 1 unspecified atom stereocenters. The lowest BCUT2D eigenvalue weighted by molar-refractivity contribution is -0.138. The fraction of sp³-hybridized carbons (Fsp3) is 0.188. The number of likely N-dealkylation sites (N-methyl/N-ethyl adjacent to an activating group) is 1. The standard InChI is InChI=1S/C16H17NO2/c1-12(16(18)19)17(2)15-10-8-14(9-11-15)13-6-4-3-5-7-13/h3-12H,1-2H3,(H,18,19). The quantitative estimate of drug-likeness (QED) is 0.911. The van der Waals surface area contributed by atoms with Crippen LogP contribution < -0.4 is 4.90 Å². The Bertz CT molecular complexity index is 549. The highest BCUT2D eigenvalue weighted by Crippen LogP contribution is 2.23. The summed E-state index contributed by atoms with van der Waals surface area (Å²) in [5.74, 6) is -0.824. The molecule has 0 aliphatic rings. The first-order chi connectivity index (χ1) is 9.09. The van der Waals surface area contributed by atoms with Crippen LogP contribution in [0.4, 0.5) is 5.69 Å². The van der Waals surface area contributed by atoms with Crippen molar-refractivity contribution in [2.24, 2.45) is 0 Å². The van der Waals surface area contributed by atoms with Crippen molar-refractivity contribution in [3.8, 4) is 11.1 Å². The summed E-state index contributed by atoms with van der Waals surface area (Å²) in [6.07, 6.45) is 0. The van der Waals surface area contributed by atoms with Gasteiger partial charge in [-0.15, -0.1) is 0 Å². The van der Waals surface area contributed by atoms with Crippen molar-refractivity contribution in [3.63, 3.8) is 0 Å². The van der Waals surface area contributed by atoms with Crippen LogP contribution in [0.25, 0.3) is 11.1 Å². The van der Waals surface area contributed by atoms with E-state index in [0.717, 1.165) is 16.8 Å². The van der Waals surface area contributed by atoms with Crippen molar-refractivity contribution >= 4 is 11.7 Å². The van der Waals surface area contributed by atoms with Crippen LogP contribution in [0.1, 0.15) is 6.92 Å². The molecule has 0 aliphatic carbocycles. The van der Waals surface area contributed by atoms with Gasteiger partial charge in [-0.25, -0.2) is 4.79 Å². The molecule has 2 aromatic rings. The van der Waals surface area contributed by atoms with E-state index in [1.54, 1.807) is 18.9 Å².